The monoisotopic (exact) mass is 615 g/mol. The number of rotatable bonds is 10. The number of nitrogens with zero attached hydrogens (tertiary/aromatic N) is 3. The predicted molar refractivity (Wildman–Crippen MR) is 185 cm³/mol. The Morgan fingerprint density at radius 2 is 1.64 bits per heavy atom. The fourth-order valence-corrected chi connectivity index (χ4v) is 4.17. The normalized spacial score (nSPS) is 12.7. The number of amides is 1. The van der Waals surface area contributed by atoms with Crippen molar-refractivity contribution in [3.05, 3.63) is 108 Å². The third-order valence-electron chi connectivity index (χ3n) is 6.38. The lowest BCUT2D eigenvalue weighted by Crippen LogP contribution is -2.24. The number of aromatic nitrogens is 2. The Balaban J connectivity index is 0.000000436. The Kier molecular flexibility index (Phi) is 19.5. The van der Waals surface area contributed by atoms with Gasteiger partial charge in [-0.3, -0.25) is 14.4 Å². The van der Waals surface area contributed by atoms with Gasteiger partial charge >= 0.3 is 0 Å². The highest BCUT2D eigenvalue weighted by Crippen LogP contribution is 2.18. The Morgan fingerprint density at radius 1 is 1.00 bits per heavy atom. The third-order valence-corrected chi connectivity index (χ3v) is 6.38. The van der Waals surface area contributed by atoms with E-state index in [0.29, 0.717) is 29.0 Å². The van der Waals surface area contributed by atoms with Gasteiger partial charge in [0, 0.05) is 23.9 Å². The molecule has 2 N–H and O–H groups in total. The highest BCUT2D eigenvalue weighted by atomic mass is 16.5. The number of likely N-dealkylation sites (tertiary alicyclic amines) is 1. The molecule has 9 nitrogen and oxygen atoms in total. The zero-order chi connectivity index (χ0) is 33.5. The molecule has 242 valence electrons. The number of anilines is 1. The molecule has 3 aromatic rings. The van der Waals surface area contributed by atoms with E-state index in [1.807, 2.05) is 40.0 Å². The summed E-state index contributed by atoms with van der Waals surface area (Å²) < 4.78 is 6.50. The molecule has 1 aliphatic heterocycles. The number of allylic oxidation sites excluding steroid dienone is 3. The van der Waals surface area contributed by atoms with Gasteiger partial charge in [-0.15, -0.1) is 0 Å². The van der Waals surface area contributed by atoms with Crippen LogP contribution in [-0.4, -0.2) is 74.0 Å². The number of benzene rings is 2. The minimum atomic E-state index is -0.430. The van der Waals surface area contributed by atoms with Crippen molar-refractivity contribution in [2.24, 2.45) is 0 Å². The van der Waals surface area contributed by atoms with E-state index >= 15 is 0 Å². The predicted octanol–water partition coefficient (Wildman–Crippen LogP) is 6.78. The van der Waals surface area contributed by atoms with Crippen molar-refractivity contribution >= 4 is 24.2 Å². The summed E-state index contributed by atoms with van der Waals surface area (Å²) in [4.78, 5) is 36.8. The van der Waals surface area contributed by atoms with Gasteiger partial charge < -0.3 is 20.3 Å². The average Bonchev–Trinajstić information content (AvgIpc) is 3.52. The minimum absolute atomic E-state index is 0.141. The Morgan fingerprint density at radius 3 is 2.11 bits per heavy atom. The first-order valence-electron chi connectivity index (χ1n) is 15.2. The molecule has 0 bridgehead atoms. The van der Waals surface area contributed by atoms with Gasteiger partial charge in [0.05, 0.1) is 12.8 Å². The first-order valence-corrected chi connectivity index (χ1v) is 15.2. The van der Waals surface area contributed by atoms with E-state index in [2.05, 4.69) is 40.3 Å². The number of carbonyl (C=O) groups excluding carboxylic acids is 3. The average molecular weight is 616 g/mol. The van der Waals surface area contributed by atoms with Gasteiger partial charge in [-0.05, 0) is 101 Å². The summed E-state index contributed by atoms with van der Waals surface area (Å²) in [5, 5.41) is 9.94. The van der Waals surface area contributed by atoms with E-state index in [-0.39, 0.29) is 11.4 Å². The van der Waals surface area contributed by atoms with Crippen molar-refractivity contribution in [3.63, 3.8) is 0 Å². The molecule has 1 aliphatic rings. The van der Waals surface area contributed by atoms with E-state index in [1.54, 1.807) is 61.7 Å². The SMILES string of the molecule is C=C/C=C(\C=C/C)CNC.CC.CN1CCCCC1.COc1ccc(-n2nc(C=O)cc2C(=O)Nc2ccc(C=O)cc2)cc1. The number of likely N-dealkylation sites (N-methyl/N-ethyl adjacent to an activating group) is 1. The van der Waals surface area contributed by atoms with E-state index in [1.165, 1.54) is 48.7 Å². The van der Waals surface area contributed by atoms with Gasteiger partial charge in [-0.2, -0.15) is 5.10 Å². The van der Waals surface area contributed by atoms with Gasteiger partial charge in [-0.1, -0.05) is 51.2 Å². The van der Waals surface area contributed by atoms with Crippen LogP contribution in [-0.2, 0) is 0 Å². The molecule has 1 fully saturated rings. The molecule has 45 heavy (non-hydrogen) atoms. The molecule has 1 aromatic heterocycles. The molecule has 0 saturated carbocycles. The van der Waals surface area contributed by atoms with Crippen LogP contribution < -0.4 is 15.4 Å². The summed E-state index contributed by atoms with van der Waals surface area (Å²) in [5.41, 5.74) is 3.24. The highest BCUT2D eigenvalue weighted by Gasteiger charge is 2.17. The third kappa shape index (κ3) is 14.2. The molecule has 9 heteroatoms. The molecular formula is C36H49N5O4. The van der Waals surface area contributed by atoms with Gasteiger partial charge in [0.2, 0.25) is 0 Å². The molecular weight excluding hydrogens is 566 g/mol. The van der Waals surface area contributed by atoms with E-state index in [0.717, 1.165) is 12.8 Å². The summed E-state index contributed by atoms with van der Waals surface area (Å²) in [5.74, 6) is 0.234. The molecule has 0 unspecified atom stereocenters. The van der Waals surface area contributed by atoms with Crippen molar-refractivity contribution < 1.29 is 19.1 Å². The second-order valence-electron chi connectivity index (χ2n) is 9.75. The van der Waals surface area contributed by atoms with Gasteiger partial charge in [0.15, 0.2) is 6.29 Å². The number of nitrogens with one attached hydrogen (secondary N) is 2. The lowest BCUT2D eigenvalue weighted by atomic mass is 10.1. The van der Waals surface area contributed by atoms with Crippen molar-refractivity contribution in [1.29, 1.82) is 0 Å². The fourth-order valence-electron chi connectivity index (χ4n) is 4.17. The summed E-state index contributed by atoms with van der Waals surface area (Å²) >= 11 is 0. The van der Waals surface area contributed by atoms with E-state index in [9.17, 15) is 14.4 Å². The first kappa shape index (κ1) is 38.4. The quantitative estimate of drug-likeness (QED) is 0.191. The minimum Gasteiger partial charge on any atom is -0.497 e. The van der Waals surface area contributed by atoms with Crippen LogP contribution in [0.15, 0.2) is 91.1 Å². The van der Waals surface area contributed by atoms with Crippen LogP contribution in [0, 0.1) is 0 Å². The maximum Gasteiger partial charge on any atom is 0.274 e. The van der Waals surface area contributed by atoms with Crippen molar-refractivity contribution in [2.45, 2.75) is 40.0 Å². The van der Waals surface area contributed by atoms with Crippen molar-refractivity contribution in [2.75, 3.05) is 46.2 Å². The van der Waals surface area contributed by atoms with Gasteiger partial charge in [0.1, 0.15) is 23.4 Å². The van der Waals surface area contributed by atoms with Crippen LogP contribution in [0.1, 0.15) is 71.4 Å². The molecule has 2 aromatic carbocycles. The lowest BCUT2D eigenvalue weighted by Gasteiger charge is -2.20. The maximum atomic E-state index is 12.6. The van der Waals surface area contributed by atoms with E-state index < -0.39 is 5.91 Å². The topological polar surface area (TPSA) is 106 Å². The summed E-state index contributed by atoms with van der Waals surface area (Å²) in [6.45, 7) is 13.2. The zero-order valence-corrected chi connectivity index (χ0v) is 27.6. The number of methoxy groups -OCH3 is 1. The Bertz CT molecular complexity index is 1350. The molecule has 1 amide bonds. The second-order valence-corrected chi connectivity index (χ2v) is 9.75. The standard InChI is InChI=1S/C19H15N3O4.C9H15N.C6H13N.C2H6/c1-26-17-8-6-16(7-9-17)22-18(10-15(12-24)21-22)19(25)20-14-4-2-13(11-23)3-5-14;1-4-6-9(7-5-2)8-10-3;1-7-5-3-2-4-6-7;1-2/h2-12H,1H3,(H,20,25);4-7,10H,1,8H2,2-3H3;2-6H2,1H3;1-2H3/b;7-5-,9-6+;;. The summed E-state index contributed by atoms with van der Waals surface area (Å²) in [7, 11) is 5.68. The molecule has 0 spiro atoms. The molecule has 0 radical (unpaired) electrons. The molecule has 1 saturated heterocycles. The van der Waals surface area contributed by atoms with Crippen LogP contribution in [0.4, 0.5) is 5.69 Å². The summed E-state index contributed by atoms with van der Waals surface area (Å²) in [6, 6.07) is 14.8. The number of ether oxygens (including phenoxy) is 1. The van der Waals surface area contributed by atoms with Gasteiger partial charge in [0.25, 0.3) is 5.91 Å². The Hall–Kier alpha value is -4.60. The molecule has 4 rings (SSSR count). The fraction of sp³-hybridized carbons (Fsp3) is 0.333. The zero-order valence-electron chi connectivity index (χ0n) is 27.6. The van der Waals surface area contributed by atoms with Crippen LogP contribution in [0.5, 0.6) is 5.75 Å². The number of piperidine rings is 1. The Labute approximate surface area is 268 Å². The van der Waals surface area contributed by atoms with Crippen LogP contribution >= 0.6 is 0 Å². The molecule has 0 atom stereocenters. The number of hydrogen-bond acceptors (Lipinski definition) is 7. The lowest BCUT2D eigenvalue weighted by molar-refractivity contribution is 0.101. The smallest absolute Gasteiger partial charge is 0.274 e. The molecule has 0 aliphatic carbocycles. The van der Waals surface area contributed by atoms with Gasteiger partial charge in [-0.25, -0.2) is 4.68 Å². The summed E-state index contributed by atoms with van der Waals surface area (Å²) in [6.07, 6.45) is 13.5. The van der Waals surface area contributed by atoms with E-state index in [4.69, 9.17) is 4.74 Å². The number of carbonyl (C=O) groups is 3. The van der Waals surface area contributed by atoms with Crippen LogP contribution in [0.3, 0.4) is 0 Å². The van der Waals surface area contributed by atoms with Crippen LogP contribution in [0.25, 0.3) is 5.69 Å². The maximum absolute atomic E-state index is 12.6. The second kappa shape index (κ2) is 22.9. The van der Waals surface area contributed by atoms with Crippen molar-refractivity contribution in [1.82, 2.24) is 20.0 Å². The van der Waals surface area contributed by atoms with Crippen LogP contribution in [0.2, 0.25) is 0 Å². The highest BCUT2D eigenvalue weighted by molar-refractivity contribution is 6.04. The largest absolute Gasteiger partial charge is 0.497 e. The van der Waals surface area contributed by atoms with Crippen molar-refractivity contribution in [3.8, 4) is 11.4 Å². The molecule has 2 heterocycles. The first-order chi connectivity index (χ1) is 21.9. The number of aldehydes is 2. The number of hydrogen-bond donors (Lipinski definition) is 2.